The molecule has 0 fully saturated rings. The number of carbonyl (C=O) groups is 1. The van der Waals surface area contributed by atoms with Gasteiger partial charge in [-0.2, -0.15) is 0 Å². The molecule has 25 heavy (non-hydrogen) atoms. The van der Waals surface area contributed by atoms with Crippen LogP contribution in [0.3, 0.4) is 0 Å². The van der Waals surface area contributed by atoms with E-state index in [1.54, 1.807) is 24.1 Å². The van der Waals surface area contributed by atoms with E-state index < -0.39 is 0 Å². The van der Waals surface area contributed by atoms with Gasteiger partial charge in [-0.25, -0.2) is 4.68 Å². The fourth-order valence-electron chi connectivity index (χ4n) is 2.76. The van der Waals surface area contributed by atoms with Gasteiger partial charge < -0.3 is 4.90 Å². The zero-order valence-corrected chi connectivity index (χ0v) is 13.6. The van der Waals surface area contributed by atoms with Crippen LogP contribution in [-0.4, -0.2) is 33.2 Å². The number of rotatable bonds is 3. The number of benzene rings is 3. The first-order valence-electron chi connectivity index (χ1n) is 7.83. The third kappa shape index (κ3) is 2.85. The summed E-state index contributed by atoms with van der Waals surface area (Å²) >= 11 is 0. The normalized spacial score (nSPS) is 10.8. The smallest absolute Gasteiger partial charge is 0.258 e. The fraction of sp³-hybridized carbons (Fsp3) is 0.0526. The number of carbonyl (C=O) groups excluding carboxylic acids is 1. The molecule has 6 heteroatoms. The third-order valence-electron chi connectivity index (χ3n) is 4.13. The topological polar surface area (TPSA) is 63.9 Å². The first kappa shape index (κ1) is 15.0. The zero-order chi connectivity index (χ0) is 17.2. The van der Waals surface area contributed by atoms with Gasteiger partial charge in [0.1, 0.15) is 6.33 Å². The lowest BCUT2D eigenvalue weighted by Gasteiger charge is -2.18. The molecule has 6 nitrogen and oxygen atoms in total. The van der Waals surface area contributed by atoms with Crippen LogP contribution in [0.5, 0.6) is 0 Å². The second-order valence-electron chi connectivity index (χ2n) is 5.70. The maximum atomic E-state index is 12.9. The van der Waals surface area contributed by atoms with E-state index in [1.807, 2.05) is 48.5 Å². The highest BCUT2D eigenvalue weighted by Gasteiger charge is 2.14. The van der Waals surface area contributed by atoms with Crippen molar-refractivity contribution in [3.8, 4) is 5.69 Å². The van der Waals surface area contributed by atoms with E-state index in [1.165, 1.54) is 11.0 Å². The molecular formula is C19H15N5O. The average Bonchev–Trinajstić information content (AvgIpc) is 3.21. The summed E-state index contributed by atoms with van der Waals surface area (Å²) in [6.07, 6.45) is 1.50. The number of fused-ring (bicyclic) bond motifs is 1. The van der Waals surface area contributed by atoms with Gasteiger partial charge in [-0.3, -0.25) is 4.79 Å². The second kappa shape index (κ2) is 6.16. The Kier molecular flexibility index (Phi) is 3.70. The molecule has 0 saturated heterocycles. The molecule has 4 aromatic rings. The van der Waals surface area contributed by atoms with E-state index in [2.05, 4.69) is 21.6 Å². The summed E-state index contributed by atoms with van der Waals surface area (Å²) in [6.45, 7) is 0. The standard InChI is InChI=1S/C19H15N5O/c1-23(17-10-9-14-5-2-3-6-15(14)11-17)19(25)16-7-4-8-18(12-16)24-13-20-21-22-24/h2-13H,1H3. The number of nitrogens with zero attached hydrogens (tertiary/aromatic N) is 5. The quantitative estimate of drug-likeness (QED) is 0.579. The lowest BCUT2D eigenvalue weighted by atomic mass is 10.1. The number of tetrazole rings is 1. The van der Waals surface area contributed by atoms with Crippen LogP contribution in [0.4, 0.5) is 5.69 Å². The minimum Gasteiger partial charge on any atom is -0.311 e. The maximum Gasteiger partial charge on any atom is 0.258 e. The van der Waals surface area contributed by atoms with Gasteiger partial charge in [0, 0.05) is 18.3 Å². The van der Waals surface area contributed by atoms with Crippen LogP contribution in [0.1, 0.15) is 10.4 Å². The van der Waals surface area contributed by atoms with Crippen LogP contribution in [0.15, 0.2) is 73.1 Å². The number of hydrogen-bond acceptors (Lipinski definition) is 4. The highest BCUT2D eigenvalue weighted by Crippen LogP contribution is 2.23. The van der Waals surface area contributed by atoms with Gasteiger partial charge in [0.15, 0.2) is 0 Å². The largest absolute Gasteiger partial charge is 0.311 e. The Labute approximate surface area is 144 Å². The van der Waals surface area contributed by atoms with Crippen LogP contribution in [0.25, 0.3) is 16.5 Å². The molecule has 0 spiro atoms. The Morgan fingerprint density at radius 1 is 0.960 bits per heavy atom. The van der Waals surface area contributed by atoms with E-state index in [9.17, 15) is 4.79 Å². The third-order valence-corrected chi connectivity index (χ3v) is 4.13. The van der Waals surface area contributed by atoms with Crippen molar-refractivity contribution in [1.82, 2.24) is 20.2 Å². The molecule has 0 saturated carbocycles. The number of anilines is 1. The Hall–Kier alpha value is -3.54. The van der Waals surface area contributed by atoms with E-state index in [-0.39, 0.29) is 5.91 Å². The minimum absolute atomic E-state index is 0.0924. The van der Waals surface area contributed by atoms with Crippen molar-refractivity contribution in [2.24, 2.45) is 0 Å². The molecule has 1 aromatic heterocycles. The van der Waals surface area contributed by atoms with Gasteiger partial charge in [-0.1, -0.05) is 36.4 Å². The molecule has 122 valence electrons. The fourth-order valence-corrected chi connectivity index (χ4v) is 2.76. The lowest BCUT2D eigenvalue weighted by Crippen LogP contribution is -2.26. The van der Waals surface area contributed by atoms with Gasteiger partial charge in [-0.05, 0) is 51.5 Å². The van der Waals surface area contributed by atoms with E-state index >= 15 is 0 Å². The van der Waals surface area contributed by atoms with E-state index in [4.69, 9.17) is 0 Å². The van der Waals surface area contributed by atoms with Gasteiger partial charge in [-0.15, -0.1) is 5.10 Å². The predicted molar refractivity (Wildman–Crippen MR) is 95.8 cm³/mol. The lowest BCUT2D eigenvalue weighted by molar-refractivity contribution is 0.0993. The summed E-state index contributed by atoms with van der Waals surface area (Å²) in [7, 11) is 1.77. The molecule has 0 aliphatic heterocycles. The van der Waals surface area contributed by atoms with Crippen LogP contribution in [0.2, 0.25) is 0 Å². The van der Waals surface area contributed by atoms with Gasteiger partial charge in [0.05, 0.1) is 5.69 Å². The molecule has 1 heterocycles. The number of amides is 1. The number of hydrogen-bond donors (Lipinski definition) is 0. The van der Waals surface area contributed by atoms with Crippen molar-refractivity contribution in [1.29, 1.82) is 0 Å². The Balaban J connectivity index is 1.66. The monoisotopic (exact) mass is 329 g/mol. The highest BCUT2D eigenvalue weighted by molar-refractivity contribution is 6.06. The predicted octanol–water partition coefficient (Wildman–Crippen LogP) is 3.09. The van der Waals surface area contributed by atoms with Gasteiger partial charge >= 0.3 is 0 Å². The second-order valence-corrected chi connectivity index (χ2v) is 5.70. The van der Waals surface area contributed by atoms with Gasteiger partial charge in [0.25, 0.3) is 5.91 Å². The molecule has 0 radical (unpaired) electrons. The van der Waals surface area contributed by atoms with Crippen LogP contribution < -0.4 is 4.90 Å². The Bertz CT molecular complexity index is 1040. The van der Waals surface area contributed by atoms with Crippen molar-refractivity contribution in [2.45, 2.75) is 0 Å². The molecule has 3 aromatic carbocycles. The summed E-state index contributed by atoms with van der Waals surface area (Å²) in [4.78, 5) is 14.5. The molecule has 1 amide bonds. The molecule has 0 bridgehead atoms. The molecule has 0 N–H and O–H groups in total. The molecule has 0 aliphatic carbocycles. The van der Waals surface area contributed by atoms with Crippen molar-refractivity contribution in [3.63, 3.8) is 0 Å². The first-order chi connectivity index (χ1) is 12.2. The maximum absolute atomic E-state index is 12.9. The zero-order valence-electron chi connectivity index (χ0n) is 13.6. The minimum atomic E-state index is -0.0924. The first-order valence-corrected chi connectivity index (χ1v) is 7.83. The van der Waals surface area contributed by atoms with Gasteiger partial charge in [0.2, 0.25) is 0 Å². The van der Waals surface area contributed by atoms with Crippen molar-refractivity contribution in [3.05, 3.63) is 78.6 Å². The summed E-state index contributed by atoms with van der Waals surface area (Å²) in [6, 6.07) is 21.3. The number of aromatic nitrogens is 4. The molecule has 0 atom stereocenters. The van der Waals surface area contributed by atoms with Crippen LogP contribution in [0, 0.1) is 0 Å². The highest BCUT2D eigenvalue weighted by atomic mass is 16.2. The summed E-state index contributed by atoms with van der Waals surface area (Å²) < 4.78 is 1.52. The molecule has 0 aliphatic rings. The summed E-state index contributed by atoms with van der Waals surface area (Å²) in [5.74, 6) is -0.0924. The summed E-state index contributed by atoms with van der Waals surface area (Å²) in [5, 5.41) is 13.3. The van der Waals surface area contributed by atoms with Crippen molar-refractivity contribution < 1.29 is 4.79 Å². The van der Waals surface area contributed by atoms with E-state index in [0.29, 0.717) is 5.56 Å². The summed E-state index contributed by atoms with van der Waals surface area (Å²) in [5.41, 5.74) is 2.16. The van der Waals surface area contributed by atoms with Crippen LogP contribution >= 0.6 is 0 Å². The SMILES string of the molecule is CN(C(=O)c1cccc(-n2cnnn2)c1)c1ccc2ccccc2c1. The Morgan fingerprint density at radius 3 is 2.60 bits per heavy atom. The van der Waals surface area contributed by atoms with Crippen molar-refractivity contribution in [2.75, 3.05) is 11.9 Å². The van der Waals surface area contributed by atoms with Crippen LogP contribution in [-0.2, 0) is 0 Å². The molecular weight excluding hydrogens is 314 g/mol. The van der Waals surface area contributed by atoms with E-state index in [0.717, 1.165) is 22.1 Å². The molecule has 4 rings (SSSR count). The Morgan fingerprint density at radius 2 is 1.80 bits per heavy atom. The average molecular weight is 329 g/mol. The van der Waals surface area contributed by atoms with Crippen molar-refractivity contribution >= 4 is 22.4 Å². The molecule has 0 unspecified atom stereocenters.